The molecule has 0 aliphatic carbocycles. The van der Waals surface area contributed by atoms with Crippen LogP contribution in [0.15, 0.2) is 42.9 Å². The van der Waals surface area contributed by atoms with E-state index in [1.165, 1.54) is 0 Å². The fourth-order valence-corrected chi connectivity index (χ4v) is 1.25. The maximum atomic E-state index is 11.6. The standard InChI is InChI=1S/C11H11N3O/c1-14-7-10(12-8-14)11(15)13-9-5-3-2-4-6-9/h2-8H,1H3,(H,13,15). The van der Waals surface area contributed by atoms with E-state index < -0.39 is 0 Å². The number of para-hydroxylation sites is 1. The number of amides is 1. The number of hydrogen-bond donors (Lipinski definition) is 1. The lowest BCUT2D eigenvalue weighted by Gasteiger charge is -2.01. The Morgan fingerprint density at radius 2 is 2.07 bits per heavy atom. The zero-order chi connectivity index (χ0) is 10.7. The van der Waals surface area contributed by atoms with Crippen molar-refractivity contribution >= 4 is 11.6 Å². The summed E-state index contributed by atoms with van der Waals surface area (Å²) in [5.41, 5.74) is 1.19. The molecule has 2 aromatic rings. The minimum absolute atomic E-state index is 0.193. The summed E-state index contributed by atoms with van der Waals surface area (Å²) in [6, 6.07) is 9.31. The van der Waals surface area contributed by atoms with E-state index in [4.69, 9.17) is 0 Å². The molecule has 4 heteroatoms. The highest BCUT2D eigenvalue weighted by atomic mass is 16.1. The second kappa shape index (κ2) is 3.96. The lowest BCUT2D eigenvalue weighted by atomic mass is 10.3. The van der Waals surface area contributed by atoms with Crippen LogP contribution in [0.2, 0.25) is 0 Å². The van der Waals surface area contributed by atoms with E-state index in [1.54, 1.807) is 17.1 Å². The van der Waals surface area contributed by atoms with Crippen LogP contribution in [-0.4, -0.2) is 15.5 Å². The van der Waals surface area contributed by atoms with Gasteiger partial charge < -0.3 is 9.88 Å². The Balaban J connectivity index is 2.11. The SMILES string of the molecule is Cn1cnc(C(=O)Nc2ccccc2)c1. The van der Waals surface area contributed by atoms with Crippen LogP contribution in [0, 0.1) is 0 Å². The monoisotopic (exact) mass is 201 g/mol. The normalized spacial score (nSPS) is 9.93. The molecule has 0 saturated carbocycles. The molecular weight excluding hydrogens is 190 g/mol. The van der Waals surface area contributed by atoms with Crippen LogP contribution in [-0.2, 0) is 7.05 Å². The highest BCUT2D eigenvalue weighted by Gasteiger charge is 2.07. The molecule has 1 aromatic carbocycles. The van der Waals surface area contributed by atoms with E-state index in [2.05, 4.69) is 10.3 Å². The predicted octanol–water partition coefficient (Wildman–Crippen LogP) is 1.67. The Morgan fingerprint density at radius 3 is 2.67 bits per heavy atom. The molecule has 4 nitrogen and oxygen atoms in total. The largest absolute Gasteiger partial charge is 0.340 e. The number of nitrogens with one attached hydrogen (secondary N) is 1. The first kappa shape index (κ1) is 9.45. The first-order valence-electron chi connectivity index (χ1n) is 4.60. The number of hydrogen-bond acceptors (Lipinski definition) is 2. The zero-order valence-corrected chi connectivity index (χ0v) is 8.34. The van der Waals surface area contributed by atoms with Gasteiger partial charge in [0.05, 0.1) is 6.33 Å². The van der Waals surface area contributed by atoms with E-state index in [1.807, 2.05) is 37.4 Å². The maximum Gasteiger partial charge on any atom is 0.275 e. The molecule has 0 spiro atoms. The number of nitrogens with zero attached hydrogens (tertiary/aromatic N) is 2. The van der Waals surface area contributed by atoms with Crippen molar-refractivity contribution in [2.24, 2.45) is 7.05 Å². The number of aryl methyl sites for hydroxylation is 1. The van der Waals surface area contributed by atoms with Crippen LogP contribution in [0.4, 0.5) is 5.69 Å². The molecule has 0 fully saturated rings. The molecule has 0 aliphatic rings. The molecule has 1 heterocycles. The second-order valence-electron chi connectivity index (χ2n) is 3.24. The average molecular weight is 201 g/mol. The Bertz CT molecular complexity index is 462. The van der Waals surface area contributed by atoms with Crippen molar-refractivity contribution in [2.75, 3.05) is 5.32 Å². The van der Waals surface area contributed by atoms with Crippen molar-refractivity contribution in [2.45, 2.75) is 0 Å². The van der Waals surface area contributed by atoms with E-state index >= 15 is 0 Å². The molecule has 0 aliphatic heterocycles. The van der Waals surface area contributed by atoms with Crippen molar-refractivity contribution in [1.82, 2.24) is 9.55 Å². The van der Waals surface area contributed by atoms with Crippen LogP contribution in [0.1, 0.15) is 10.5 Å². The van der Waals surface area contributed by atoms with Gasteiger partial charge >= 0.3 is 0 Å². The first-order chi connectivity index (χ1) is 7.25. The predicted molar refractivity (Wildman–Crippen MR) is 57.6 cm³/mol. The quantitative estimate of drug-likeness (QED) is 0.803. The van der Waals surface area contributed by atoms with Crippen LogP contribution < -0.4 is 5.32 Å². The summed E-state index contributed by atoms with van der Waals surface area (Å²) in [5.74, 6) is -0.193. The summed E-state index contributed by atoms with van der Waals surface area (Å²) in [6.07, 6.45) is 3.28. The molecule has 0 bridgehead atoms. The van der Waals surface area contributed by atoms with Gasteiger partial charge in [0.1, 0.15) is 5.69 Å². The highest BCUT2D eigenvalue weighted by molar-refractivity contribution is 6.02. The number of benzene rings is 1. The van der Waals surface area contributed by atoms with Gasteiger partial charge in [0.15, 0.2) is 0 Å². The third kappa shape index (κ3) is 2.22. The summed E-state index contributed by atoms with van der Waals surface area (Å²) in [7, 11) is 1.83. The van der Waals surface area contributed by atoms with E-state index in [0.717, 1.165) is 5.69 Å². The number of imidazole rings is 1. The summed E-state index contributed by atoms with van der Waals surface area (Å²) in [5, 5.41) is 2.76. The molecule has 1 amide bonds. The molecule has 0 unspecified atom stereocenters. The van der Waals surface area contributed by atoms with Crippen molar-refractivity contribution in [3.05, 3.63) is 48.5 Å². The van der Waals surface area contributed by atoms with Crippen molar-refractivity contribution < 1.29 is 4.79 Å². The number of anilines is 1. The minimum Gasteiger partial charge on any atom is -0.340 e. The molecule has 1 aromatic heterocycles. The van der Waals surface area contributed by atoms with Gasteiger partial charge in [0.2, 0.25) is 0 Å². The summed E-state index contributed by atoms with van der Waals surface area (Å²) in [6.45, 7) is 0. The van der Waals surface area contributed by atoms with Gasteiger partial charge in [-0.3, -0.25) is 4.79 Å². The van der Waals surface area contributed by atoms with Crippen LogP contribution in [0.5, 0.6) is 0 Å². The molecule has 1 N–H and O–H groups in total. The van der Waals surface area contributed by atoms with Crippen molar-refractivity contribution in [3.63, 3.8) is 0 Å². The topological polar surface area (TPSA) is 46.9 Å². The molecule has 0 radical (unpaired) electrons. The Morgan fingerprint density at radius 1 is 1.33 bits per heavy atom. The number of carbonyl (C=O) groups is 1. The number of carbonyl (C=O) groups excluding carboxylic acids is 1. The zero-order valence-electron chi connectivity index (χ0n) is 8.34. The summed E-state index contributed by atoms with van der Waals surface area (Å²) < 4.78 is 1.74. The van der Waals surface area contributed by atoms with Gasteiger partial charge in [-0.2, -0.15) is 0 Å². The van der Waals surface area contributed by atoms with Gasteiger partial charge in [0, 0.05) is 18.9 Å². The van der Waals surface area contributed by atoms with Gasteiger partial charge in [-0.1, -0.05) is 18.2 Å². The van der Waals surface area contributed by atoms with E-state index in [-0.39, 0.29) is 5.91 Å². The summed E-state index contributed by atoms with van der Waals surface area (Å²) >= 11 is 0. The highest BCUT2D eigenvalue weighted by Crippen LogP contribution is 2.06. The smallest absolute Gasteiger partial charge is 0.275 e. The second-order valence-corrected chi connectivity index (χ2v) is 3.24. The van der Waals surface area contributed by atoms with Crippen LogP contribution in [0.25, 0.3) is 0 Å². The number of aromatic nitrogens is 2. The first-order valence-corrected chi connectivity index (χ1v) is 4.60. The minimum atomic E-state index is -0.193. The van der Waals surface area contributed by atoms with Crippen LogP contribution >= 0.6 is 0 Å². The lowest BCUT2D eigenvalue weighted by Crippen LogP contribution is -2.12. The van der Waals surface area contributed by atoms with Gasteiger partial charge in [0.25, 0.3) is 5.91 Å². The summed E-state index contributed by atoms with van der Waals surface area (Å²) in [4.78, 5) is 15.6. The average Bonchev–Trinajstić information content (AvgIpc) is 2.66. The molecular formula is C11H11N3O. The lowest BCUT2D eigenvalue weighted by molar-refractivity contribution is 0.102. The maximum absolute atomic E-state index is 11.6. The van der Waals surface area contributed by atoms with Gasteiger partial charge in [-0.05, 0) is 12.1 Å². The van der Waals surface area contributed by atoms with Crippen molar-refractivity contribution in [1.29, 1.82) is 0 Å². The van der Waals surface area contributed by atoms with E-state index in [9.17, 15) is 4.79 Å². The van der Waals surface area contributed by atoms with Gasteiger partial charge in [-0.15, -0.1) is 0 Å². The Hall–Kier alpha value is -2.10. The fourth-order valence-electron chi connectivity index (χ4n) is 1.25. The Labute approximate surface area is 87.6 Å². The molecule has 0 atom stereocenters. The fraction of sp³-hybridized carbons (Fsp3) is 0.0909. The number of rotatable bonds is 2. The molecule has 2 rings (SSSR count). The van der Waals surface area contributed by atoms with Crippen LogP contribution in [0.3, 0.4) is 0 Å². The third-order valence-electron chi connectivity index (χ3n) is 1.97. The Kier molecular flexibility index (Phi) is 2.49. The third-order valence-corrected chi connectivity index (χ3v) is 1.97. The van der Waals surface area contributed by atoms with E-state index in [0.29, 0.717) is 5.69 Å². The van der Waals surface area contributed by atoms with Gasteiger partial charge in [-0.25, -0.2) is 4.98 Å². The molecule has 0 saturated heterocycles. The molecule has 76 valence electrons. The molecule has 15 heavy (non-hydrogen) atoms. The van der Waals surface area contributed by atoms with Crippen molar-refractivity contribution in [3.8, 4) is 0 Å².